The van der Waals surface area contributed by atoms with Gasteiger partial charge in [0.15, 0.2) is 5.82 Å². The van der Waals surface area contributed by atoms with Gasteiger partial charge in [0.25, 0.3) is 0 Å². The molecule has 3 atom stereocenters. The minimum Gasteiger partial charge on any atom is -0.508 e. The van der Waals surface area contributed by atoms with Crippen LogP contribution in [0.25, 0.3) is 32.9 Å². The first-order valence-corrected chi connectivity index (χ1v) is 17.9. The van der Waals surface area contributed by atoms with Crippen molar-refractivity contribution in [2.24, 2.45) is 11.3 Å². The van der Waals surface area contributed by atoms with E-state index in [1.807, 2.05) is 11.8 Å². The summed E-state index contributed by atoms with van der Waals surface area (Å²) in [5.41, 5.74) is -0.500. The molecular formula is C38H45F2N5O4. The SMILES string of the molecule is CCc1c(F)ccc2cc(O)cc(-c3ncc4c(N5CCOC[C@@](C)(O)C5)nc(OC[C@]56CCCC5N(CC5CC5)CCC6)nc4c3F)c12. The zero-order valence-electron chi connectivity index (χ0n) is 28.4. The molecule has 2 aromatic heterocycles. The Labute approximate surface area is 285 Å². The van der Waals surface area contributed by atoms with Crippen LogP contribution in [0.5, 0.6) is 11.8 Å². The number of ether oxygens (including phenoxy) is 2. The van der Waals surface area contributed by atoms with E-state index in [2.05, 4.69) is 9.88 Å². The first-order valence-electron chi connectivity index (χ1n) is 17.9. The number of hydrogen-bond acceptors (Lipinski definition) is 9. The summed E-state index contributed by atoms with van der Waals surface area (Å²) in [7, 11) is 0. The number of β-amino-alcohol motifs (C(OH)–C–C–N with tert-alkyl or cyclic N) is 1. The molecule has 260 valence electrons. The summed E-state index contributed by atoms with van der Waals surface area (Å²) in [6, 6.07) is 6.45. The van der Waals surface area contributed by atoms with Crippen LogP contribution in [0.15, 0.2) is 30.5 Å². The molecule has 0 radical (unpaired) electrons. The Kier molecular flexibility index (Phi) is 8.35. The van der Waals surface area contributed by atoms with Gasteiger partial charge >= 0.3 is 6.01 Å². The molecule has 4 heterocycles. The van der Waals surface area contributed by atoms with Gasteiger partial charge in [-0.05, 0) is 98.9 Å². The number of phenols is 1. The number of likely N-dealkylation sites (tertiary alicyclic amines) is 1. The van der Waals surface area contributed by atoms with Gasteiger partial charge in [0.1, 0.15) is 34.2 Å². The highest BCUT2D eigenvalue weighted by Crippen LogP contribution is 2.49. The second-order valence-electron chi connectivity index (χ2n) is 15.1. The number of aryl methyl sites for hydroxylation is 1. The predicted octanol–water partition coefficient (Wildman–Crippen LogP) is 6.40. The third kappa shape index (κ3) is 6.08. The van der Waals surface area contributed by atoms with E-state index < -0.39 is 17.2 Å². The Balaban J connectivity index is 1.23. The molecule has 2 saturated carbocycles. The third-order valence-corrected chi connectivity index (χ3v) is 11.3. The van der Waals surface area contributed by atoms with Gasteiger partial charge in [-0.3, -0.25) is 9.88 Å². The van der Waals surface area contributed by atoms with Crippen LogP contribution in [0.1, 0.15) is 64.4 Å². The van der Waals surface area contributed by atoms with E-state index >= 15 is 8.78 Å². The van der Waals surface area contributed by atoms with E-state index in [9.17, 15) is 10.2 Å². The fourth-order valence-corrected chi connectivity index (χ4v) is 8.80. The highest BCUT2D eigenvalue weighted by molar-refractivity contribution is 6.01. The Morgan fingerprint density at radius 3 is 2.73 bits per heavy atom. The van der Waals surface area contributed by atoms with Crippen LogP contribution in [-0.4, -0.2) is 87.7 Å². The number of piperidine rings is 1. The number of anilines is 1. The van der Waals surface area contributed by atoms with E-state index in [1.165, 1.54) is 31.2 Å². The van der Waals surface area contributed by atoms with Crippen molar-refractivity contribution in [3.8, 4) is 23.0 Å². The van der Waals surface area contributed by atoms with Crippen molar-refractivity contribution in [2.75, 3.05) is 50.9 Å². The van der Waals surface area contributed by atoms with Crippen LogP contribution < -0.4 is 9.64 Å². The summed E-state index contributed by atoms with van der Waals surface area (Å²) in [6.45, 7) is 7.43. The second kappa shape index (κ2) is 12.6. The van der Waals surface area contributed by atoms with Gasteiger partial charge in [-0.25, -0.2) is 8.78 Å². The summed E-state index contributed by atoms with van der Waals surface area (Å²) >= 11 is 0. The van der Waals surface area contributed by atoms with Crippen molar-refractivity contribution in [1.29, 1.82) is 0 Å². The summed E-state index contributed by atoms with van der Waals surface area (Å²) in [5.74, 6) is 0.0291. The monoisotopic (exact) mass is 673 g/mol. The van der Waals surface area contributed by atoms with Crippen LogP contribution in [0, 0.1) is 23.0 Å². The first kappa shape index (κ1) is 32.5. The van der Waals surface area contributed by atoms with E-state index in [1.54, 1.807) is 19.1 Å². The van der Waals surface area contributed by atoms with Gasteiger partial charge < -0.3 is 24.6 Å². The Morgan fingerprint density at radius 2 is 1.92 bits per heavy atom. The van der Waals surface area contributed by atoms with Crippen molar-refractivity contribution in [3.05, 3.63) is 47.7 Å². The summed E-state index contributed by atoms with van der Waals surface area (Å²) in [5, 5.41) is 23.1. The quantitative estimate of drug-likeness (QED) is 0.220. The second-order valence-corrected chi connectivity index (χ2v) is 15.1. The molecule has 2 aliphatic carbocycles. The fourth-order valence-electron chi connectivity index (χ4n) is 8.80. The number of halogens is 2. The highest BCUT2D eigenvalue weighted by atomic mass is 19.1. The van der Waals surface area contributed by atoms with Crippen molar-refractivity contribution in [3.63, 3.8) is 0 Å². The predicted molar refractivity (Wildman–Crippen MR) is 184 cm³/mol. The lowest BCUT2D eigenvalue weighted by molar-refractivity contribution is -0.0123. The number of fused-ring (bicyclic) bond motifs is 3. The molecule has 4 aliphatic rings. The van der Waals surface area contributed by atoms with Crippen LogP contribution in [0.3, 0.4) is 0 Å². The Hall–Kier alpha value is -3.67. The molecule has 4 fully saturated rings. The molecule has 8 rings (SSSR count). The number of phenolic OH excluding ortho intramolecular Hbond substituents is 1. The van der Waals surface area contributed by atoms with E-state index in [-0.39, 0.29) is 47.1 Å². The van der Waals surface area contributed by atoms with Crippen molar-refractivity contribution in [1.82, 2.24) is 19.9 Å². The van der Waals surface area contributed by atoms with Crippen LogP contribution in [-0.2, 0) is 11.2 Å². The van der Waals surface area contributed by atoms with Crippen LogP contribution in [0.4, 0.5) is 14.6 Å². The molecule has 2 aromatic carbocycles. The molecule has 1 unspecified atom stereocenters. The Bertz CT molecular complexity index is 1900. The average molecular weight is 674 g/mol. The van der Waals surface area contributed by atoms with Gasteiger partial charge in [0, 0.05) is 36.3 Å². The number of hydrogen-bond donors (Lipinski definition) is 2. The van der Waals surface area contributed by atoms with Crippen molar-refractivity contribution >= 4 is 27.5 Å². The maximum Gasteiger partial charge on any atom is 0.319 e. The van der Waals surface area contributed by atoms with E-state index in [4.69, 9.17) is 19.4 Å². The first-order chi connectivity index (χ1) is 23.6. The standard InChI is InChI=1S/C38H45F2N5O4/c1-3-26-29(39)10-9-24-16-25(46)17-27(31(24)26)33-32(40)34-28(18-41-33)35(45-14-15-48-21-37(2,47)20-45)43-36(42-34)49-22-38-11-4-6-30(38)44(13-5-12-38)19-23-7-8-23/h9-10,16-18,23,30,46-47H,3-8,11-15,19-22H2,1-2H3/t30?,37-,38+/m0/s1. The number of pyridine rings is 1. The van der Waals surface area contributed by atoms with Crippen molar-refractivity contribution in [2.45, 2.75) is 76.9 Å². The van der Waals surface area contributed by atoms with Gasteiger partial charge in [-0.1, -0.05) is 19.4 Å². The molecule has 0 bridgehead atoms. The maximum absolute atomic E-state index is 17.0. The Morgan fingerprint density at radius 1 is 1.08 bits per heavy atom. The number of aromatic hydroxyl groups is 1. The van der Waals surface area contributed by atoms with Crippen LogP contribution in [0.2, 0.25) is 0 Å². The molecule has 9 nitrogen and oxygen atoms in total. The number of aromatic nitrogens is 3. The highest BCUT2D eigenvalue weighted by Gasteiger charge is 2.49. The smallest absolute Gasteiger partial charge is 0.319 e. The zero-order chi connectivity index (χ0) is 33.9. The zero-order valence-corrected chi connectivity index (χ0v) is 28.4. The molecule has 0 amide bonds. The molecule has 0 spiro atoms. The number of nitrogens with zero attached hydrogens (tertiary/aromatic N) is 5. The molecule has 49 heavy (non-hydrogen) atoms. The van der Waals surface area contributed by atoms with Gasteiger partial charge in [-0.2, -0.15) is 9.97 Å². The minimum atomic E-state index is -1.16. The number of benzene rings is 2. The van der Waals surface area contributed by atoms with Gasteiger partial charge in [0.2, 0.25) is 0 Å². The fraction of sp³-hybridized carbons (Fsp3) is 0.553. The normalized spacial score (nSPS) is 26.3. The third-order valence-electron chi connectivity index (χ3n) is 11.3. The molecule has 11 heteroatoms. The lowest BCUT2D eigenvalue weighted by atomic mass is 9.75. The number of aliphatic hydroxyl groups is 1. The topological polar surface area (TPSA) is 104 Å². The largest absolute Gasteiger partial charge is 0.508 e. The molecule has 2 aliphatic heterocycles. The molecule has 2 saturated heterocycles. The van der Waals surface area contributed by atoms with Gasteiger partial charge in [0.05, 0.1) is 31.8 Å². The summed E-state index contributed by atoms with van der Waals surface area (Å²) in [4.78, 5) is 18.7. The summed E-state index contributed by atoms with van der Waals surface area (Å²) in [6.07, 6.45) is 10.1. The summed E-state index contributed by atoms with van der Waals surface area (Å²) < 4.78 is 44.3. The maximum atomic E-state index is 17.0. The lowest BCUT2D eigenvalue weighted by Gasteiger charge is -2.46. The van der Waals surface area contributed by atoms with E-state index in [0.717, 1.165) is 51.1 Å². The molecule has 4 aromatic rings. The average Bonchev–Trinajstić information content (AvgIpc) is 3.83. The van der Waals surface area contributed by atoms with E-state index in [0.29, 0.717) is 59.8 Å². The minimum absolute atomic E-state index is 0.00517. The van der Waals surface area contributed by atoms with Gasteiger partial charge in [-0.15, -0.1) is 0 Å². The molecule has 2 N–H and O–H groups in total. The lowest BCUT2D eigenvalue weighted by Crippen LogP contribution is -2.52. The molecular weight excluding hydrogens is 628 g/mol. The number of rotatable bonds is 8. The van der Waals surface area contributed by atoms with Crippen LogP contribution >= 0.6 is 0 Å². The van der Waals surface area contributed by atoms with Crippen molar-refractivity contribution < 1.29 is 28.5 Å².